The Morgan fingerprint density at radius 3 is 2.25 bits per heavy atom. The van der Waals surface area contributed by atoms with Crippen LogP contribution in [0.1, 0.15) is 46.0 Å². The zero-order valence-electron chi connectivity index (χ0n) is 14.8. The van der Waals surface area contributed by atoms with Crippen LogP contribution in [0.3, 0.4) is 0 Å². The van der Waals surface area contributed by atoms with E-state index in [1.165, 1.54) is 44.2 Å². The molecule has 0 spiro atoms. The van der Waals surface area contributed by atoms with Gasteiger partial charge in [0.15, 0.2) is 0 Å². The van der Waals surface area contributed by atoms with Gasteiger partial charge in [-0.15, -0.1) is 0 Å². The van der Waals surface area contributed by atoms with Gasteiger partial charge in [0.1, 0.15) is 5.82 Å². The molecule has 0 aromatic heterocycles. The van der Waals surface area contributed by atoms with Gasteiger partial charge >= 0.3 is 0 Å². The Bertz CT molecular complexity index is 487. The molecule has 3 rings (SSSR count). The fourth-order valence-electron chi connectivity index (χ4n) is 2.87. The van der Waals surface area contributed by atoms with Gasteiger partial charge in [-0.05, 0) is 30.9 Å². The van der Waals surface area contributed by atoms with Crippen LogP contribution in [0.25, 0.3) is 0 Å². The molecule has 1 aromatic carbocycles. The first-order valence-corrected chi connectivity index (χ1v) is 8.90. The quantitative estimate of drug-likeness (QED) is 0.900. The number of hydrogen-bond donors (Lipinski definition) is 1. The van der Waals surface area contributed by atoms with Crippen LogP contribution in [0.4, 0.5) is 4.39 Å². The van der Waals surface area contributed by atoms with E-state index in [0.717, 1.165) is 6.54 Å². The minimum atomic E-state index is -0.178. The highest BCUT2D eigenvalue weighted by atomic mass is 19.1. The number of benzene rings is 1. The number of nitrogens with zero attached hydrogens (tertiary/aromatic N) is 1. The van der Waals surface area contributed by atoms with E-state index >= 15 is 0 Å². The van der Waals surface area contributed by atoms with Crippen molar-refractivity contribution in [1.82, 2.24) is 10.2 Å². The summed E-state index contributed by atoms with van der Waals surface area (Å²) in [7, 11) is 0. The van der Waals surface area contributed by atoms with Crippen LogP contribution < -0.4 is 5.32 Å². The van der Waals surface area contributed by atoms with Gasteiger partial charge in [-0.3, -0.25) is 9.59 Å². The minimum absolute atomic E-state index is 0.0228. The highest BCUT2D eigenvalue weighted by molar-refractivity contribution is 5.92. The molecule has 1 aromatic rings. The fourth-order valence-corrected chi connectivity index (χ4v) is 2.87. The Kier molecular flexibility index (Phi) is 9.73. The maximum atomic E-state index is 11.9. The molecule has 1 aliphatic carbocycles. The van der Waals surface area contributed by atoms with Gasteiger partial charge in [0.05, 0.1) is 13.1 Å². The third kappa shape index (κ3) is 7.57. The number of halogens is 1. The van der Waals surface area contributed by atoms with Crippen LogP contribution in [0.5, 0.6) is 0 Å². The predicted octanol–water partition coefficient (Wildman–Crippen LogP) is 3.38. The molecule has 0 unspecified atom stereocenters. The molecule has 4 nitrogen and oxygen atoms in total. The van der Waals surface area contributed by atoms with Crippen molar-refractivity contribution in [2.45, 2.75) is 46.0 Å². The lowest BCUT2D eigenvalue weighted by atomic mass is 9.89. The second-order valence-corrected chi connectivity index (χ2v) is 5.85. The Morgan fingerprint density at radius 2 is 1.71 bits per heavy atom. The lowest BCUT2D eigenvalue weighted by molar-refractivity contribution is -0.141. The monoisotopic (exact) mass is 336 g/mol. The normalized spacial score (nSPS) is 17.9. The molecule has 2 amide bonds. The second-order valence-electron chi connectivity index (χ2n) is 5.85. The first kappa shape index (κ1) is 20.1. The van der Waals surface area contributed by atoms with Crippen LogP contribution >= 0.6 is 0 Å². The van der Waals surface area contributed by atoms with Crippen molar-refractivity contribution < 1.29 is 14.0 Å². The van der Waals surface area contributed by atoms with Gasteiger partial charge in [-0.25, -0.2) is 4.39 Å². The molecule has 1 N–H and O–H groups in total. The van der Waals surface area contributed by atoms with E-state index in [4.69, 9.17) is 0 Å². The standard InChI is InChI=1S/C11H18N2O2.C6H5F.C2H6/c14-10-8-13(11(15)6-12-10)7-9-4-2-1-3-5-9;7-6-4-2-1-3-5-6;1-2/h9H,1-8H2,(H,12,14);1-5H;1-2H3. The molecular weight excluding hydrogens is 307 g/mol. The Labute approximate surface area is 144 Å². The first-order chi connectivity index (χ1) is 11.6. The van der Waals surface area contributed by atoms with E-state index in [-0.39, 0.29) is 30.7 Å². The van der Waals surface area contributed by atoms with Crippen molar-refractivity contribution in [3.05, 3.63) is 36.1 Å². The summed E-state index contributed by atoms with van der Waals surface area (Å²) in [6, 6.07) is 7.94. The smallest absolute Gasteiger partial charge is 0.242 e. The zero-order valence-corrected chi connectivity index (χ0v) is 14.8. The van der Waals surface area contributed by atoms with Gasteiger partial charge in [0.2, 0.25) is 11.8 Å². The van der Waals surface area contributed by atoms with E-state index in [9.17, 15) is 14.0 Å². The summed E-state index contributed by atoms with van der Waals surface area (Å²) >= 11 is 0. The third-order valence-electron chi connectivity index (χ3n) is 4.06. The third-order valence-corrected chi connectivity index (χ3v) is 4.06. The molecule has 1 saturated heterocycles. The molecular formula is C19H29FN2O2. The first-order valence-electron chi connectivity index (χ1n) is 8.90. The van der Waals surface area contributed by atoms with E-state index in [1.807, 2.05) is 13.8 Å². The van der Waals surface area contributed by atoms with E-state index in [1.54, 1.807) is 23.1 Å². The number of carbonyl (C=O) groups excluding carboxylic acids is 2. The second kappa shape index (κ2) is 11.6. The summed E-state index contributed by atoms with van der Waals surface area (Å²) in [5.41, 5.74) is 0. The number of carbonyl (C=O) groups is 2. The van der Waals surface area contributed by atoms with Crippen molar-refractivity contribution in [3.63, 3.8) is 0 Å². The van der Waals surface area contributed by atoms with Crippen molar-refractivity contribution in [2.75, 3.05) is 19.6 Å². The molecule has 0 atom stereocenters. The molecule has 1 saturated carbocycles. The zero-order chi connectivity index (χ0) is 17.8. The number of rotatable bonds is 2. The average molecular weight is 336 g/mol. The van der Waals surface area contributed by atoms with Crippen molar-refractivity contribution in [1.29, 1.82) is 0 Å². The number of hydrogen-bond acceptors (Lipinski definition) is 2. The topological polar surface area (TPSA) is 49.4 Å². The van der Waals surface area contributed by atoms with Gasteiger partial charge < -0.3 is 10.2 Å². The summed E-state index contributed by atoms with van der Waals surface area (Å²) in [6.45, 7) is 5.23. The molecule has 1 heterocycles. The maximum absolute atomic E-state index is 11.9. The van der Waals surface area contributed by atoms with Crippen LogP contribution in [-0.2, 0) is 9.59 Å². The molecule has 5 heteroatoms. The van der Waals surface area contributed by atoms with E-state index < -0.39 is 0 Å². The summed E-state index contributed by atoms with van der Waals surface area (Å²) in [4.78, 5) is 24.4. The lowest BCUT2D eigenvalue weighted by Crippen LogP contribution is -2.52. The SMILES string of the molecule is CC.Fc1ccccc1.O=C1CN(CC2CCCCC2)C(=O)CN1. The Hall–Kier alpha value is -1.91. The molecule has 0 bridgehead atoms. The van der Waals surface area contributed by atoms with Crippen LogP contribution in [0.15, 0.2) is 30.3 Å². The summed E-state index contributed by atoms with van der Waals surface area (Å²) in [5.74, 6) is 0.488. The summed E-state index contributed by atoms with van der Waals surface area (Å²) in [5, 5.41) is 2.57. The highest BCUT2D eigenvalue weighted by Gasteiger charge is 2.26. The maximum Gasteiger partial charge on any atom is 0.242 e. The average Bonchev–Trinajstić information content (AvgIpc) is 2.62. The van der Waals surface area contributed by atoms with Gasteiger partial charge in [0, 0.05) is 6.54 Å². The predicted molar refractivity (Wildman–Crippen MR) is 93.9 cm³/mol. The van der Waals surface area contributed by atoms with Crippen molar-refractivity contribution in [2.24, 2.45) is 5.92 Å². The number of piperazine rings is 1. The van der Waals surface area contributed by atoms with Gasteiger partial charge in [-0.2, -0.15) is 0 Å². The Balaban J connectivity index is 0.000000268. The molecule has 24 heavy (non-hydrogen) atoms. The number of nitrogens with one attached hydrogen (secondary N) is 1. The molecule has 2 fully saturated rings. The largest absolute Gasteiger partial charge is 0.345 e. The van der Waals surface area contributed by atoms with Gasteiger partial charge in [-0.1, -0.05) is 51.3 Å². The summed E-state index contributed by atoms with van der Waals surface area (Å²) < 4.78 is 11.9. The molecule has 1 aliphatic heterocycles. The van der Waals surface area contributed by atoms with Crippen LogP contribution in [0, 0.1) is 11.7 Å². The fraction of sp³-hybridized carbons (Fsp3) is 0.579. The molecule has 134 valence electrons. The highest BCUT2D eigenvalue weighted by Crippen LogP contribution is 2.24. The number of amides is 2. The van der Waals surface area contributed by atoms with Crippen molar-refractivity contribution >= 4 is 11.8 Å². The Morgan fingerprint density at radius 1 is 1.08 bits per heavy atom. The van der Waals surface area contributed by atoms with Crippen LogP contribution in [0.2, 0.25) is 0 Å². The minimum Gasteiger partial charge on any atom is -0.345 e. The molecule has 2 aliphatic rings. The van der Waals surface area contributed by atoms with E-state index in [0.29, 0.717) is 5.92 Å². The van der Waals surface area contributed by atoms with Crippen molar-refractivity contribution in [3.8, 4) is 0 Å². The van der Waals surface area contributed by atoms with E-state index in [2.05, 4.69) is 5.32 Å². The van der Waals surface area contributed by atoms with Crippen LogP contribution in [-0.4, -0.2) is 36.3 Å². The molecule has 0 radical (unpaired) electrons. The summed E-state index contributed by atoms with van der Waals surface area (Å²) in [6.07, 6.45) is 6.31. The lowest BCUT2D eigenvalue weighted by Gasteiger charge is -2.31. The van der Waals surface area contributed by atoms with Gasteiger partial charge in [0.25, 0.3) is 0 Å².